The van der Waals surface area contributed by atoms with Crippen molar-refractivity contribution in [1.29, 1.82) is 5.26 Å². The van der Waals surface area contributed by atoms with Crippen LogP contribution < -0.4 is 4.90 Å². The molecule has 0 aliphatic heterocycles. The van der Waals surface area contributed by atoms with Crippen molar-refractivity contribution in [2.45, 2.75) is 18.9 Å². The fourth-order valence-corrected chi connectivity index (χ4v) is 2.04. The summed E-state index contributed by atoms with van der Waals surface area (Å²) in [6.07, 6.45) is 3.08. The van der Waals surface area contributed by atoms with Crippen LogP contribution in [0.2, 0.25) is 0 Å². The molecule has 1 aromatic rings. The Morgan fingerprint density at radius 3 is 2.89 bits per heavy atom. The minimum absolute atomic E-state index is 0.509. The highest BCUT2D eigenvalue weighted by atomic mass is 16.5. The molecule has 0 heterocycles. The lowest BCUT2D eigenvalue weighted by molar-refractivity contribution is 0.112. The quantitative estimate of drug-likeness (QED) is 0.718. The van der Waals surface area contributed by atoms with E-state index in [1.54, 1.807) is 19.2 Å². The zero-order valence-electron chi connectivity index (χ0n) is 10.4. The Morgan fingerprint density at radius 1 is 1.56 bits per heavy atom. The van der Waals surface area contributed by atoms with E-state index in [0.29, 0.717) is 23.8 Å². The number of aldehydes is 1. The molecule has 2 rings (SSSR count). The molecule has 0 unspecified atom stereocenters. The highest BCUT2D eigenvalue weighted by Crippen LogP contribution is 2.33. The topological polar surface area (TPSA) is 53.3 Å². The number of nitrogens with zero attached hydrogens (tertiary/aromatic N) is 2. The summed E-state index contributed by atoms with van der Waals surface area (Å²) in [5, 5.41) is 9.19. The predicted molar refractivity (Wildman–Crippen MR) is 68.8 cm³/mol. The average molecular weight is 244 g/mol. The van der Waals surface area contributed by atoms with Gasteiger partial charge in [0.25, 0.3) is 0 Å². The number of ether oxygens (including phenoxy) is 1. The molecule has 0 amide bonds. The molecule has 0 N–H and O–H groups in total. The third-order valence-corrected chi connectivity index (χ3v) is 3.11. The van der Waals surface area contributed by atoms with Crippen molar-refractivity contribution in [3.8, 4) is 6.07 Å². The van der Waals surface area contributed by atoms with Crippen LogP contribution in [0.3, 0.4) is 0 Å². The van der Waals surface area contributed by atoms with E-state index >= 15 is 0 Å². The van der Waals surface area contributed by atoms with Crippen molar-refractivity contribution in [3.63, 3.8) is 0 Å². The molecule has 4 nitrogen and oxygen atoms in total. The maximum Gasteiger partial charge on any atom is 0.150 e. The second kappa shape index (κ2) is 5.65. The smallest absolute Gasteiger partial charge is 0.150 e. The van der Waals surface area contributed by atoms with E-state index in [2.05, 4.69) is 11.0 Å². The highest BCUT2D eigenvalue weighted by molar-refractivity contribution is 5.78. The van der Waals surface area contributed by atoms with Crippen molar-refractivity contribution in [3.05, 3.63) is 29.3 Å². The van der Waals surface area contributed by atoms with Crippen molar-refractivity contribution in [1.82, 2.24) is 0 Å². The standard InChI is InChI=1S/C14H16N2O2/c1-18-7-6-16(13-3-4-13)14-5-2-11(10-17)8-12(14)9-15/h2,5,8,10,13H,3-4,6-7H2,1H3. The molecule has 0 radical (unpaired) electrons. The second-order valence-corrected chi connectivity index (χ2v) is 4.42. The molecular formula is C14H16N2O2. The molecule has 0 spiro atoms. The van der Waals surface area contributed by atoms with E-state index in [9.17, 15) is 10.1 Å². The van der Waals surface area contributed by atoms with Gasteiger partial charge in [-0.05, 0) is 31.0 Å². The van der Waals surface area contributed by atoms with Gasteiger partial charge in [-0.1, -0.05) is 0 Å². The van der Waals surface area contributed by atoms with Crippen LogP contribution in [0, 0.1) is 11.3 Å². The third-order valence-electron chi connectivity index (χ3n) is 3.11. The summed E-state index contributed by atoms with van der Waals surface area (Å²) in [7, 11) is 1.67. The Labute approximate surface area is 107 Å². The minimum Gasteiger partial charge on any atom is -0.383 e. The fraction of sp³-hybridized carbons (Fsp3) is 0.429. The number of benzene rings is 1. The lowest BCUT2D eigenvalue weighted by Gasteiger charge is -2.25. The number of carbonyl (C=O) groups excluding carboxylic acids is 1. The molecule has 4 heteroatoms. The predicted octanol–water partition coefficient (Wildman–Crippen LogP) is 1.99. The van der Waals surface area contributed by atoms with Crippen molar-refractivity contribution in [2.24, 2.45) is 0 Å². The van der Waals surface area contributed by atoms with Crippen LogP contribution >= 0.6 is 0 Å². The molecule has 94 valence electrons. The van der Waals surface area contributed by atoms with Gasteiger partial charge in [-0.2, -0.15) is 5.26 Å². The molecule has 1 aliphatic carbocycles. The number of anilines is 1. The van der Waals surface area contributed by atoms with Crippen LogP contribution in [0.1, 0.15) is 28.8 Å². The molecule has 0 bridgehead atoms. The van der Waals surface area contributed by atoms with Gasteiger partial charge in [-0.15, -0.1) is 0 Å². The largest absolute Gasteiger partial charge is 0.383 e. The molecule has 1 saturated carbocycles. The van der Waals surface area contributed by atoms with E-state index in [1.165, 1.54) is 0 Å². The van der Waals surface area contributed by atoms with E-state index < -0.39 is 0 Å². The molecular weight excluding hydrogens is 228 g/mol. The summed E-state index contributed by atoms with van der Waals surface area (Å²) >= 11 is 0. The second-order valence-electron chi connectivity index (χ2n) is 4.42. The molecule has 0 aromatic heterocycles. The summed E-state index contributed by atoms with van der Waals surface area (Å²) in [6, 6.07) is 7.93. The van der Waals surface area contributed by atoms with Gasteiger partial charge in [-0.3, -0.25) is 4.79 Å². The van der Waals surface area contributed by atoms with Crippen LogP contribution in [0.4, 0.5) is 5.69 Å². The first-order chi connectivity index (χ1) is 8.80. The van der Waals surface area contributed by atoms with Crippen LogP contribution in [-0.2, 0) is 4.74 Å². The first kappa shape index (κ1) is 12.6. The normalized spacial score (nSPS) is 14.0. The Bertz CT molecular complexity index is 475. The number of methoxy groups -OCH3 is 1. The molecule has 1 fully saturated rings. The number of hydrogen-bond donors (Lipinski definition) is 0. The molecule has 1 aromatic carbocycles. The van der Waals surface area contributed by atoms with Gasteiger partial charge in [0, 0.05) is 25.3 Å². The zero-order valence-corrected chi connectivity index (χ0v) is 10.4. The molecule has 18 heavy (non-hydrogen) atoms. The SMILES string of the molecule is COCCN(c1ccc(C=O)cc1C#N)C1CC1. The Kier molecular flexibility index (Phi) is 3.96. The lowest BCUT2D eigenvalue weighted by Crippen LogP contribution is -2.30. The lowest BCUT2D eigenvalue weighted by atomic mass is 10.1. The first-order valence-electron chi connectivity index (χ1n) is 6.05. The van der Waals surface area contributed by atoms with Crippen LogP contribution in [0.5, 0.6) is 0 Å². The monoisotopic (exact) mass is 244 g/mol. The van der Waals surface area contributed by atoms with Gasteiger partial charge < -0.3 is 9.64 Å². The first-order valence-corrected chi connectivity index (χ1v) is 6.05. The van der Waals surface area contributed by atoms with Crippen molar-refractivity contribution in [2.75, 3.05) is 25.2 Å². The van der Waals surface area contributed by atoms with E-state index in [4.69, 9.17) is 4.74 Å². The average Bonchev–Trinajstić information content (AvgIpc) is 3.24. The van der Waals surface area contributed by atoms with Gasteiger partial charge in [0.15, 0.2) is 0 Å². The number of carbonyl (C=O) groups is 1. The Morgan fingerprint density at radius 2 is 2.33 bits per heavy atom. The van der Waals surface area contributed by atoms with Gasteiger partial charge >= 0.3 is 0 Å². The van der Waals surface area contributed by atoms with Crippen LogP contribution in [0.15, 0.2) is 18.2 Å². The Hall–Kier alpha value is -1.86. The molecule has 1 aliphatic rings. The van der Waals surface area contributed by atoms with Crippen LogP contribution in [0.25, 0.3) is 0 Å². The zero-order chi connectivity index (χ0) is 13.0. The number of hydrogen-bond acceptors (Lipinski definition) is 4. The van der Waals surface area contributed by atoms with Crippen molar-refractivity contribution >= 4 is 12.0 Å². The highest BCUT2D eigenvalue weighted by Gasteiger charge is 2.30. The van der Waals surface area contributed by atoms with Crippen molar-refractivity contribution < 1.29 is 9.53 Å². The number of nitriles is 1. The summed E-state index contributed by atoms with van der Waals surface area (Å²) in [6.45, 7) is 1.41. The maximum atomic E-state index is 10.7. The Balaban J connectivity index is 2.28. The van der Waals surface area contributed by atoms with Gasteiger partial charge in [0.2, 0.25) is 0 Å². The summed E-state index contributed by atoms with van der Waals surface area (Å²) < 4.78 is 5.11. The van der Waals surface area contributed by atoms with Gasteiger partial charge in [-0.25, -0.2) is 0 Å². The van der Waals surface area contributed by atoms with Gasteiger partial charge in [0.1, 0.15) is 12.4 Å². The third kappa shape index (κ3) is 2.69. The van der Waals surface area contributed by atoms with E-state index in [0.717, 1.165) is 31.4 Å². The summed E-state index contributed by atoms with van der Waals surface area (Å²) in [5.74, 6) is 0. The molecule has 0 saturated heterocycles. The maximum absolute atomic E-state index is 10.7. The molecule has 0 atom stereocenters. The van der Waals surface area contributed by atoms with E-state index in [1.807, 2.05) is 6.07 Å². The van der Waals surface area contributed by atoms with Crippen LogP contribution in [-0.4, -0.2) is 32.6 Å². The van der Waals surface area contributed by atoms with Gasteiger partial charge in [0.05, 0.1) is 17.9 Å². The number of rotatable bonds is 6. The summed E-state index contributed by atoms with van der Waals surface area (Å²) in [4.78, 5) is 12.9. The van der Waals surface area contributed by atoms with E-state index in [-0.39, 0.29) is 0 Å². The summed E-state index contributed by atoms with van der Waals surface area (Å²) in [5.41, 5.74) is 2.00. The fourth-order valence-electron chi connectivity index (χ4n) is 2.04. The minimum atomic E-state index is 0.509.